The number of carbonyl (C=O) groups is 3. The molecule has 35 heavy (non-hydrogen) atoms. The molecule has 3 rings (SSSR count). The molecular formula is C27H30N4O4. The van der Waals surface area contributed by atoms with E-state index in [-0.39, 0.29) is 12.3 Å². The molecule has 0 saturated carbocycles. The van der Waals surface area contributed by atoms with Gasteiger partial charge in [-0.2, -0.15) is 0 Å². The van der Waals surface area contributed by atoms with Gasteiger partial charge in [-0.3, -0.25) is 9.59 Å². The Kier molecular flexibility index (Phi) is 8.95. The van der Waals surface area contributed by atoms with E-state index in [0.29, 0.717) is 30.6 Å². The molecule has 0 bridgehead atoms. The molecule has 1 heterocycles. The second kappa shape index (κ2) is 12.3. The highest BCUT2D eigenvalue weighted by Crippen LogP contribution is 2.15. The zero-order valence-electron chi connectivity index (χ0n) is 19.9. The van der Waals surface area contributed by atoms with Gasteiger partial charge in [0, 0.05) is 36.8 Å². The van der Waals surface area contributed by atoms with E-state index in [1.807, 2.05) is 50.2 Å². The van der Waals surface area contributed by atoms with Crippen LogP contribution in [0.25, 0.3) is 0 Å². The van der Waals surface area contributed by atoms with Crippen LogP contribution in [0.5, 0.6) is 0 Å². The minimum atomic E-state index is -1.11. The molecule has 1 aromatic heterocycles. The molecule has 0 spiro atoms. The normalized spacial score (nSPS) is 11.4. The van der Waals surface area contributed by atoms with E-state index in [2.05, 4.69) is 20.9 Å². The summed E-state index contributed by atoms with van der Waals surface area (Å²) in [4.78, 5) is 40.9. The Balaban J connectivity index is 1.49. The van der Waals surface area contributed by atoms with Gasteiger partial charge in [0.1, 0.15) is 11.9 Å². The van der Waals surface area contributed by atoms with Crippen LogP contribution in [0, 0.1) is 13.8 Å². The summed E-state index contributed by atoms with van der Waals surface area (Å²) >= 11 is 0. The van der Waals surface area contributed by atoms with Crippen LogP contribution in [0.3, 0.4) is 0 Å². The van der Waals surface area contributed by atoms with Crippen LogP contribution in [-0.2, 0) is 16.0 Å². The van der Waals surface area contributed by atoms with E-state index in [4.69, 9.17) is 0 Å². The van der Waals surface area contributed by atoms with Gasteiger partial charge in [-0.1, -0.05) is 36.4 Å². The van der Waals surface area contributed by atoms with Gasteiger partial charge in [-0.15, -0.1) is 0 Å². The lowest BCUT2D eigenvalue weighted by molar-refractivity contribution is -0.139. The lowest BCUT2D eigenvalue weighted by Crippen LogP contribution is -2.42. The Labute approximate surface area is 204 Å². The van der Waals surface area contributed by atoms with Crippen molar-refractivity contribution in [3.63, 3.8) is 0 Å². The van der Waals surface area contributed by atoms with E-state index < -0.39 is 17.9 Å². The van der Waals surface area contributed by atoms with Crippen molar-refractivity contribution in [2.45, 2.75) is 39.2 Å². The number of pyridine rings is 1. The predicted molar refractivity (Wildman–Crippen MR) is 136 cm³/mol. The first kappa shape index (κ1) is 25.4. The third-order valence-corrected chi connectivity index (χ3v) is 5.54. The molecule has 0 fully saturated rings. The summed E-state index contributed by atoms with van der Waals surface area (Å²) in [5.74, 6) is -0.853. The van der Waals surface area contributed by atoms with Crippen LogP contribution < -0.4 is 16.0 Å². The van der Waals surface area contributed by atoms with E-state index in [9.17, 15) is 19.5 Å². The number of nitrogens with one attached hydrogen (secondary N) is 3. The smallest absolute Gasteiger partial charge is 0.326 e. The van der Waals surface area contributed by atoms with Crippen molar-refractivity contribution in [1.29, 1.82) is 0 Å². The van der Waals surface area contributed by atoms with Gasteiger partial charge in [0.2, 0.25) is 5.91 Å². The van der Waals surface area contributed by atoms with Crippen LogP contribution in [0.4, 0.5) is 11.5 Å². The number of hydrogen-bond acceptors (Lipinski definition) is 5. The summed E-state index contributed by atoms with van der Waals surface area (Å²) < 4.78 is 0. The summed E-state index contributed by atoms with van der Waals surface area (Å²) in [7, 11) is 0. The monoisotopic (exact) mass is 474 g/mol. The van der Waals surface area contributed by atoms with Crippen LogP contribution in [0.1, 0.15) is 39.9 Å². The van der Waals surface area contributed by atoms with Crippen LogP contribution >= 0.6 is 0 Å². The molecule has 0 aliphatic rings. The molecule has 0 unspecified atom stereocenters. The maximum atomic E-state index is 12.7. The SMILES string of the molecule is Cc1cccc(C)c1C(=O)N[C@@H](Cc1ccc(NC(=O)CCCNc2ccccn2)cc1)C(=O)O. The summed E-state index contributed by atoms with van der Waals surface area (Å²) in [5.41, 5.74) is 3.44. The van der Waals surface area contributed by atoms with Gasteiger partial charge in [-0.05, 0) is 61.2 Å². The molecule has 4 N–H and O–H groups in total. The minimum absolute atomic E-state index is 0.107. The molecule has 182 valence electrons. The molecule has 1 atom stereocenters. The van der Waals surface area contributed by atoms with Crippen molar-refractivity contribution in [1.82, 2.24) is 10.3 Å². The summed E-state index contributed by atoms with van der Waals surface area (Å²) in [5, 5.41) is 18.3. The number of hydrogen-bond donors (Lipinski definition) is 4. The lowest BCUT2D eigenvalue weighted by Gasteiger charge is -2.17. The predicted octanol–water partition coefficient (Wildman–Crippen LogP) is 3.95. The first-order valence-electron chi connectivity index (χ1n) is 11.5. The number of benzene rings is 2. The molecule has 3 aromatic rings. The zero-order chi connectivity index (χ0) is 25.2. The Morgan fingerprint density at radius 1 is 0.943 bits per heavy atom. The molecule has 0 aliphatic heterocycles. The molecule has 8 nitrogen and oxygen atoms in total. The van der Waals surface area contributed by atoms with Gasteiger partial charge < -0.3 is 21.1 Å². The van der Waals surface area contributed by atoms with E-state index in [1.54, 1.807) is 30.5 Å². The number of anilines is 2. The van der Waals surface area contributed by atoms with Gasteiger partial charge in [0.15, 0.2) is 0 Å². The van der Waals surface area contributed by atoms with Crippen molar-refractivity contribution in [3.05, 3.63) is 89.1 Å². The van der Waals surface area contributed by atoms with Crippen molar-refractivity contribution in [3.8, 4) is 0 Å². The highest BCUT2D eigenvalue weighted by Gasteiger charge is 2.22. The molecule has 0 saturated heterocycles. The van der Waals surface area contributed by atoms with Gasteiger partial charge in [0.25, 0.3) is 5.91 Å². The second-order valence-electron chi connectivity index (χ2n) is 8.33. The maximum Gasteiger partial charge on any atom is 0.326 e. The van der Waals surface area contributed by atoms with E-state index in [1.165, 1.54) is 0 Å². The Hall–Kier alpha value is -4.20. The fourth-order valence-electron chi connectivity index (χ4n) is 3.72. The number of rotatable bonds is 11. The summed E-state index contributed by atoms with van der Waals surface area (Å²) in [6.45, 7) is 4.27. The summed E-state index contributed by atoms with van der Waals surface area (Å²) in [6.07, 6.45) is 2.84. The number of carbonyl (C=O) groups excluding carboxylic acids is 2. The van der Waals surface area contributed by atoms with Gasteiger partial charge in [-0.25, -0.2) is 9.78 Å². The maximum absolute atomic E-state index is 12.7. The quantitative estimate of drug-likeness (QED) is 0.312. The number of carboxylic acid groups (broad SMARTS) is 1. The molecule has 0 aliphatic carbocycles. The fraction of sp³-hybridized carbons (Fsp3) is 0.259. The highest BCUT2D eigenvalue weighted by atomic mass is 16.4. The van der Waals surface area contributed by atoms with Crippen molar-refractivity contribution >= 4 is 29.3 Å². The third kappa shape index (κ3) is 7.67. The van der Waals surface area contributed by atoms with Gasteiger partial charge in [0.05, 0.1) is 0 Å². The highest BCUT2D eigenvalue weighted by molar-refractivity contribution is 5.99. The largest absolute Gasteiger partial charge is 0.480 e. The van der Waals surface area contributed by atoms with E-state index >= 15 is 0 Å². The number of amides is 2. The standard InChI is InChI=1S/C27H30N4O4/c1-18-7-5-8-19(2)25(18)26(33)31-22(27(34)35)17-20-11-13-21(14-12-20)30-24(32)10-6-16-29-23-9-3-4-15-28-23/h3-5,7-9,11-15,22H,6,10,16-17H2,1-2H3,(H,28,29)(H,30,32)(H,31,33)(H,34,35)/t22-/m0/s1. The molecule has 2 aromatic carbocycles. The molecule has 0 radical (unpaired) electrons. The van der Waals surface area contributed by atoms with Crippen molar-refractivity contribution in [2.75, 3.05) is 17.2 Å². The summed E-state index contributed by atoms with van der Waals surface area (Å²) in [6, 6.07) is 17.0. The third-order valence-electron chi connectivity index (χ3n) is 5.54. The zero-order valence-corrected chi connectivity index (χ0v) is 19.9. The lowest BCUT2D eigenvalue weighted by atomic mass is 10.0. The first-order chi connectivity index (χ1) is 16.8. The average molecular weight is 475 g/mol. The Bertz CT molecular complexity index is 1140. The van der Waals surface area contributed by atoms with Crippen LogP contribution in [-0.4, -0.2) is 40.5 Å². The van der Waals surface area contributed by atoms with Crippen LogP contribution in [0.2, 0.25) is 0 Å². The topological polar surface area (TPSA) is 120 Å². The first-order valence-corrected chi connectivity index (χ1v) is 11.5. The van der Waals surface area contributed by atoms with Crippen LogP contribution in [0.15, 0.2) is 66.9 Å². The number of aromatic nitrogens is 1. The van der Waals surface area contributed by atoms with Gasteiger partial charge >= 0.3 is 5.97 Å². The average Bonchev–Trinajstić information content (AvgIpc) is 2.83. The van der Waals surface area contributed by atoms with Crippen molar-refractivity contribution < 1.29 is 19.5 Å². The fourth-order valence-corrected chi connectivity index (χ4v) is 3.72. The number of aryl methyl sites for hydroxylation is 2. The molecular weight excluding hydrogens is 444 g/mol. The van der Waals surface area contributed by atoms with E-state index in [0.717, 1.165) is 22.5 Å². The Morgan fingerprint density at radius 2 is 1.66 bits per heavy atom. The number of aliphatic carboxylic acids is 1. The number of carboxylic acids is 1. The molecule has 8 heteroatoms. The minimum Gasteiger partial charge on any atom is -0.480 e. The molecule has 2 amide bonds. The second-order valence-corrected chi connectivity index (χ2v) is 8.33. The Morgan fingerprint density at radius 3 is 2.29 bits per heavy atom. The number of nitrogens with zero attached hydrogens (tertiary/aromatic N) is 1. The van der Waals surface area contributed by atoms with Crippen molar-refractivity contribution in [2.24, 2.45) is 0 Å².